The number of hydrogen-bond acceptors (Lipinski definition) is 1. The third-order valence-corrected chi connectivity index (χ3v) is 3.56. The van der Waals surface area contributed by atoms with Crippen LogP contribution in [0.1, 0.15) is 19.9 Å². The number of hydrogen-bond donors (Lipinski definition) is 1. The summed E-state index contributed by atoms with van der Waals surface area (Å²) in [6.45, 7) is 4.00. The van der Waals surface area contributed by atoms with Crippen molar-refractivity contribution in [2.24, 2.45) is 0 Å². The number of benzene rings is 2. The quantitative estimate of drug-likeness (QED) is 0.769. The lowest BCUT2D eigenvalue weighted by Gasteiger charge is -2.04. The van der Waals surface area contributed by atoms with E-state index in [-0.39, 0.29) is 11.6 Å². The second-order valence-corrected chi connectivity index (χ2v) is 5.36. The van der Waals surface area contributed by atoms with E-state index in [0.29, 0.717) is 0 Å². The van der Waals surface area contributed by atoms with Crippen LogP contribution < -0.4 is 5.56 Å². The molecule has 3 nitrogen and oxygen atoms in total. The number of nitrogens with one attached hydrogen (secondary N) is 1. The van der Waals surface area contributed by atoms with Crippen LogP contribution in [0.25, 0.3) is 22.4 Å². The van der Waals surface area contributed by atoms with Crippen molar-refractivity contribution >= 4 is 0 Å². The zero-order chi connectivity index (χ0) is 14.8. The highest BCUT2D eigenvalue weighted by Crippen LogP contribution is 2.28. The van der Waals surface area contributed by atoms with Crippen LogP contribution in [-0.4, -0.2) is 9.78 Å². The summed E-state index contributed by atoms with van der Waals surface area (Å²) in [7, 11) is 0. The van der Waals surface area contributed by atoms with Crippen LogP contribution in [0, 0.1) is 0 Å². The Morgan fingerprint density at radius 1 is 0.857 bits per heavy atom. The Labute approximate surface area is 123 Å². The highest BCUT2D eigenvalue weighted by Gasteiger charge is 2.18. The van der Waals surface area contributed by atoms with E-state index >= 15 is 0 Å². The van der Waals surface area contributed by atoms with E-state index in [1.165, 1.54) is 0 Å². The fourth-order valence-electron chi connectivity index (χ4n) is 2.50. The van der Waals surface area contributed by atoms with Gasteiger partial charge in [-0.25, -0.2) is 4.68 Å². The molecule has 1 heterocycles. The molecule has 0 aliphatic heterocycles. The minimum absolute atomic E-state index is 0.0232. The van der Waals surface area contributed by atoms with Crippen LogP contribution in [-0.2, 0) is 0 Å². The second-order valence-electron chi connectivity index (χ2n) is 5.36. The first-order valence-corrected chi connectivity index (χ1v) is 7.14. The predicted molar refractivity (Wildman–Crippen MR) is 86.3 cm³/mol. The molecule has 106 valence electrons. The van der Waals surface area contributed by atoms with Gasteiger partial charge < -0.3 is 0 Å². The summed E-state index contributed by atoms with van der Waals surface area (Å²) in [4.78, 5) is 12.7. The minimum atomic E-state index is 0.0232. The van der Waals surface area contributed by atoms with Crippen LogP contribution in [0.4, 0.5) is 0 Å². The van der Waals surface area contributed by atoms with Gasteiger partial charge in [-0.1, -0.05) is 60.7 Å². The largest absolute Gasteiger partial charge is 0.294 e. The number of aromatic nitrogens is 2. The molecule has 2 aromatic carbocycles. The van der Waals surface area contributed by atoms with E-state index in [0.717, 1.165) is 22.4 Å². The predicted octanol–water partition coefficient (Wildman–Crippen LogP) is 4.09. The summed E-state index contributed by atoms with van der Waals surface area (Å²) in [5.74, 6) is 0. The highest BCUT2D eigenvalue weighted by molar-refractivity contribution is 5.80. The highest BCUT2D eigenvalue weighted by atomic mass is 16.1. The maximum absolute atomic E-state index is 12.7. The first kappa shape index (κ1) is 13.4. The molecule has 0 saturated heterocycles. The van der Waals surface area contributed by atoms with Crippen LogP contribution in [0.2, 0.25) is 0 Å². The maximum Gasteiger partial charge on any atom is 0.275 e. The van der Waals surface area contributed by atoms with Gasteiger partial charge in [-0.2, -0.15) is 0 Å². The van der Waals surface area contributed by atoms with Crippen LogP contribution in [0.5, 0.6) is 0 Å². The smallest absolute Gasteiger partial charge is 0.275 e. The van der Waals surface area contributed by atoms with Gasteiger partial charge >= 0.3 is 0 Å². The summed E-state index contributed by atoms with van der Waals surface area (Å²) in [5, 5.41) is 3.27. The van der Waals surface area contributed by atoms with Gasteiger partial charge in [0.25, 0.3) is 5.56 Å². The van der Waals surface area contributed by atoms with Crippen molar-refractivity contribution in [2.45, 2.75) is 19.9 Å². The lowest BCUT2D eigenvalue weighted by Crippen LogP contribution is -2.19. The Hall–Kier alpha value is -2.55. The van der Waals surface area contributed by atoms with Gasteiger partial charge in [0.05, 0.1) is 11.3 Å². The summed E-state index contributed by atoms with van der Waals surface area (Å²) in [6.07, 6.45) is 0. The molecule has 0 unspecified atom stereocenters. The lowest BCUT2D eigenvalue weighted by atomic mass is 10.0. The fourth-order valence-corrected chi connectivity index (χ4v) is 2.50. The Bertz CT molecular complexity index is 783. The molecule has 0 aliphatic carbocycles. The Kier molecular flexibility index (Phi) is 3.48. The molecule has 0 amide bonds. The average molecular weight is 278 g/mol. The van der Waals surface area contributed by atoms with Crippen LogP contribution >= 0.6 is 0 Å². The van der Waals surface area contributed by atoms with Crippen molar-refractivity contribution in [1.82, 2.24) is 9.78 Å². The third-order valence-electron chi connectivity index (χ3n) is 3.56. The molecule has 0 fully saturated rings. The molecular weight excluding hydrogens is 260 g/mol. The molecule has 1 N–H and O–H groups in total. The molecule has 0 saturated carbocycles. The van der Waals surface area contributed by atoms with Crippen molar-refractivity contribution in [3.8, 4) is 22.4 Å². The van der Waals surface area contributed by atoms with E-state index in [1.54, 1.807) is 4.68 Å². The van der Waals surface area contributed by atoms with Gasteiger partial charge in [0.1, 0.15) is 0 Å². The first-order valence-electron chi connectivity index (χ1n) is 7.14. The van der Waals surface area contributed by atoms with Crippen molar-refractivity contribution in [2.75, 3.05) is 0 Å². The number of H-pyrrole nitrogens is 1. The van der Waals surface area contributed by atoms with Crippen molar-refractivity contribution in [1.29, 1.82) is 0 Å². The minimum Gasteiger partial charge on any atom is -0.294 e. The zero-order valence-corrected chi connectivity index (χ0v) is 12.2. The summed E-state index contributed by atoms with van der Waals surface area (Å²) in [5.41, 5.74) is 3.59. The molecule has 21 heavy (non-hydrogen) atoms. The third kappa shape index (κ3) is 2.42. The fraction of sp³-hybridized carbons (Fsp3) is 0.167. The topological polar surface area (TPSA) is 37.8 Å². The number of rotatable bonds is 3. The van der Waals surface area contributed by atoms with E-state index in [4.69, 9.17) is 0 Å². The standard InChI is InChI=1S/C18H18N2O/c1-13(2)20-18(21)16(14-9-5-3-6-10-14)17(19-20)15-11-7-4-8-12-15/h3-13,19H,1-2H3. The van der Waals surface area contributed by atoms with Crippen molar-refractivity contribution in [3.05, 3.63) is 71.0 Å². The van der Waals surface area contributed by atoms with Crippen LogP contribution in [0.3, 0.4) is 0 Å². The lowest BCUT2D eigenvalue weighted by molar-refractivity contribution is 0.518. The molecule has 3 aromatic rings. The molecule has 0 aliphatic rings. The molecule has 3 rings (SSSR count). The molecule has 0 atom stereocenters. The van der Waals surface area contributed by atoms with Gasteiger partial charge in [-0.3, -0.25) is 9.89 Å². The molecular formula is C18H18N2O. The summed E-state index contributed by atoms with van der Waals surface area (Å²) < 4.78 is 1.69. The Balaban J connectivity index is 2.29. The van der Waals surface area contributed by atoms with E-state index in [2.05, 4.69) is 5.10 Å². The van der Waals surface area contributed by atoms with Gasteiger partial charge in [0.2, 0.25) is 0 Å². The van der Waals surface area contributed by atoms with Gasteiger partial charge in [-0.05, 0) is 19.4 Å². The molecule has 0 spiro atoms. The molecule has 0 bridgehead atoms. The summed E-state index contributed by atoms with van der Waals surface area (Å²) >= 11 is 0. The zero-order valence-electron chi connectivity index (χ0n) is 12.2. The maximum atomic E-state index is 12.7. The molecule has 1 aromatic heterocycles. The normalized spacial score (nSPS) is 11.0. The van der Waals surface area contributed by atoms with Gasteiger partial charge in [0, 0.05) is 11.6 Å². The molecule has 0 radical (unpaired) electrons. The average Bonchev–Trinajstić information content (AvgIpc) is 2.87. The van der Waals surface area contributed by atoms with Crippen LogP contribution in [0.15, 0.2) is 65.5 Å². The monoisotopic (exact) mass is 278 g/mol. The van der Waals surface area contributed by atoms with Gasteiger partial charge in [0.15, 0.2) is 0 Å². The van der Waals surface area contributed by atoms with Crippen molar-refractivity contribution in [3.63, 3.8) is 0 Å². The van der Waals surface area contributed by atoms with E-state index < -0.39 is 0 Å². The van der Waals surface area contributed by atoms with Gasteiger partial charge in [-0.15, -0.1) is 0 Å². The van der Waals surface area contributed by atoms with Crippen molar-refractivity contribution < 1.29 is 0 Å². The Morgan fingerprint density at radius 2 is 1.38 bits per heavy atom. The molecule has 3 heteroatoms. The van der Waals surface area contributed by atoms with E-state index in [9.17, 15) is 4.79 Å². The SMILES string of the molecule is CC(C)n1[nH]c(-c2ccccc2)c(-c2ccccc2)c1=O. The second kappa shape index (κ2) is 5.44. The van der Waals surface area contributed by atoms with E-state index in [1.807, 2.05) is 74.5 Å². The summed E-state index contributed by atoms with van der Waals surface area (Å²) in [6, 6.07) is 19.9. The number of nitrogens with zero attached hydrogens (tertiary/aromatic N) is 1. The first-order chi connectivity index (χ1) is 10.2. The Morgan fingerprint density at radius 3 is 1.90 bits per heavy atom. The number of aromatic amines is 1.